The number of ether oxygens (including phenoxy) is 3. The topological polar surface area (TPSA) is 94.1 Å². The van der Waals surface area contributed by atoms with Gasteiger partial charge >= 0.3 is 12.1 Å². The number of anilines is 1. The zero-order valence-corrected chi connectivity index (χ0v) is 14.3. The molecule has 0 fully saturated rings. The second-order valence-electron chi connectivity index (χ2n) is 6.11. The van der Waals surface area contributed by atoms with E-state index in [4.69, 9.17) is 19.3 Å². The van der Waals surface area contributed by atoms with E-state index in [2.05, 4.69) is 5.32 Å². The first-order valence-corrected chi connectivity index (χ1v) is 7.79. The predicted molar refractivity (Wildman–Crippen MR) is 89.5 cm³/mol. The lowest BCUT2D eigenvalue weighted by Crippen LogP contribution is -2.27. The number of carbonyl (C=O) groups is 2. The number of carboxylic acid groups (broad SMARTS) is 1. The van der Waals surface area contributed by atoms with Crippen LogP contribution in [0.15, 0.2) is 24.3 Å². The van der Waals surface area contributed by atoms with Crippen molar-refractivity contribution in [3.63, 3.8) is 0 Å². The maximum atomic E-state index is 11.6. The van der Waals surface area contributed by atoms with Gasteiger partial charge in [0.05, 0.1) is 19.6 Å². The normalized spacial score (nSPS) is 11.0. The molecule has 1 rings (SSSR count). The molecule has 134 valence electrons. The Balaban J connectivity index is 2.22. The molecular weight excluding hydrogens is 314 g/mol. The number of carbonyl (C=O) groups excluding carboxylic acids is 1. The van der Waals surface area contributed by atoms with Gasteiger partial charge < -0.3 is 19.3 Å². The minimum atomic E-state index is -0.869. The summed E-state index contributed by atoms with van der Waals surface area (Å²) in [4.78, 5) is 21.9. The Morgan fingerprint density at radius 3 is 2.33 bits per heavy atom. The van der Waals surface area contributed by atoms with Crippen molar-refractivity contribution in [1.82, 2.24) is 0 Å². The first-order chi connectivity index (χ1) is 11.3. The molecular formula is C17H25NO6. The molecule has 0 aliphatic carbocycles. The van der Waals surface area contributed by atoms with Gasteiger partial charge in [0.25, 0.3) is 0 Å². The second kappa shape index (κ2) is 9.77. The lowest BCUT2D eigenvalue weighted by molar-refractivity contribution is -0.138. The summed E-state index contributed by atoms with van der Waals surface area (Å²) in [5.74, 6) is -0.193. The molecule has 7 nitrogen and oxygen atoms in total. The minimum Gasteiger partial charge on any atom is -0.494 e. The van der Waals surface area contributed by atoms with Crippen LogP contribution in [0.1, 0.15) is 33.6 Å². The molecule has 0 bridgehead atoms. The highest BCUT2D eigenvalue weighted by Gasteiger charge is 2.16. The second-order valence-corrected chi connectivity index (χ2v) is 6.11. The fourth-order valence-corrected chi connectivity index (χ4v) is 1.67. The first-order valence-electron chi connectivity index (χ1n) is 7.79. The van der Waals surface area contributed by atoms with Crippen LogP contribution in [0.5, 0.6) is 5.75 Å². The van der Waals surface area contributed by atoms with Crippen molar-refractivity contribution in [3.05, 3.63) is 24.3 Å². The van der Waals surface area contributed by atoms with Gasteiger partial charge in [-0.3, -0.25) is 10.1 Å². The zero-order chi connectivity index (χ0) is 18.0. The number of aliphatic carboxylic acids is 1. The molecule has 7 heteroatoms. The van der Waals surface area contributed by atoms with Gasteiger partial charge in [0, 0.05) is 18.7 Å². The van der Waals surface area contributed by atoms with E-state index < -0.39 is 17.7 Å². The number of hydrogen-bond donors (Lipinski definition) is 2. The first kappa shape index (κ1) is 19.8. The third kappa shape index (κ3) is 9.68. The number of rotatable bonds is 9. The van der Waals surface area contributed by atoms with Crippen molar-refractivity contribution >= 4 is 17.7 Å². The number of benzene rings is 1. The third-order valence-corrected chi connectivity index (χ3v) is 2.66. The van der Waals surface area contributed by atoms with E-state index in [9.17, 15) is 9.59 Å². The van der Waals surface area contributed by atoms with Gasteiger partial charge in [-0.15, -0.1) is 0 Å². The van der Waals surface area contributed by atoms with E-state index in [1.807, 2.05) is 0 Å². The van der Waals surface area contributed by atoms with Crippen molar-refractivity contribution in [2.75, 3.05) is 25.1 Å². The molecule has 0 saturated heterocycles. The largest absolute Gasteiger partial charge is 0.494 e. The van der Waals surface area contributed by atoms with E-state index in [0.29, 0.717) is 31.1 Å². The van der Waals surface area contributed by atoms with Crippen LogP contribution in [0.2, 0.25) is 0 Å². The Hall–Kier alpha value is -2.28. The lowest BCUT2D eigenvalue weighted by atomic mass is 10.2. The highest BCUT2D eigenvalue weighted by Crippen LogP contribution is 2.17. The molecule has 1 amide bonds. The summed E-state index contributed by atoms with van der Waals surface area (Å²) >= 11 is 0. The molecule has 0 unspecified atom stereocenters. The molecule has 1 aromatic rings. The summed E-state index contributed by atoms with van der Waals surface area (Å²) in [6.07, 6.45) is 0.166. The van der Waals surface area contributed by atoms with E-state index >= 15 is 0 Å². The monoisotopic (exact) mass is 339 g/mol. The van der Waals surface area contributed by atoms with Crippen LogP contribution >= 0.6 is 0 Å². The summed E-state index contributed by atoms with van der Waals surface area (Å²) in [6, 6.07) is 6.95. The van der Waals surface area contributed by atoms with Crippen LogP contribution in [0, 0.1) is 0 Å². The SMILES string of the molecule is CC(C)(C)OC(=O)Nc1ccc(OCCCOCCC(=O)O)cc1. The van der Waals surface area contributed by atoms with Gasteiger partial charge in [-0.05, 0) is 45.0 Å². The van der Waals surface area contributed by atoms with Crippen molar-refractivity contribution < 1.29 is 28.9 Å². The van der Waals surface area contributed by atoms with Crippen molar-refractivity contribution in [2.45, 2.75) is 39.2 Å². The average molecular weight is 339 g/mol. The highest BCUT2D eigenvalue weighted by molar-refractivity contribution is 5.84. The average Bonchev–Trinajstić information content (AvgIpc) is 2.45. The highest BCUT2D eigenvalue weighted by atomic mass is 16.6. The minimum absolute atomic E-state index is 0.00691. The summed E-state index contributed by atoms with van der Waals surface area (Å²) < 4.78 is 15.9. The van der Waals surface area contributed by atoms with E-state index in [-0.39, 0.29) is 13.0 Å². The molecule has 24 heavy (non-hydrogen) atoms. The molecule has 2 N–H and O–H groups in total. The number of nitrogens with one attached hydrogen (secondary N) is 1. The Labute approximate surface area is 141 Å². The fourth-order valence-electron chi connectivity index (χ4n) is 1.67. The van der Waals surface area contributed by atoms with E-state index in [1.54, 1.807) is 45.0 Å². The number of hydrogen-bond acceptors (Lipinski definition) is 5. The van der Waals surface area contributed by atoms with Crippen LogP contribution in [0.4, 0.5) is 10.5 Å². The van der Waals surface area contributed by atoms with Gasteiger partial charge in [0.2, 0.25) is 0 Å². The summed E-state index contributed by atoms with van der Waals surface area (Å²) in [6.45, 7) is 6.52. The van der Waals surface area contributed by atoms with Gasteiger partial charge in [-0.25, -0.2) is 4.79 Å². The van der Waals surface area contributed by atoms with Gasteiger partial charge in [0.15, 0.2) is 0 Å². The molecule has 0 saturated carbocycles. The molecule has 1 aromatic carbocycles. The molecule has 0 aromatic heterocycles. The van der Waals surface area contributed by atoms with Gasteiger partial charge in [-0.1, -0.05) is 0 Å². The zero-order valence-electron chi connectivity index (χ0n) is 14.3. The quantitative estimate of drug-likeness (QED) is 0.671. The molecule has 0 heterocycles. The number of carboxylic acids is 1. The fraction of sp³-hybridized carbons (Fsp3) is 0.529. The molecule has 0 aliphatic rings. The van der Waals surface area contributed by atoms with Crippen LogP contribution < -0.4 is 10.1 Å². The van der Waals surface area contributed by atoms with Crippen LogP contribution in [0.3, 0.4) is 0 Å². The maximum Gasteiger partial charge on any atom is 0.412 e. The lowest BCUT2D eigenvalue weighted by Gasteiger charge is -2.19. The smallest absolute Gasteiger partial charge is 0.412 e. The van der Waals surface area contributed by atoms with Crippen molar-refractivity contribution in [2.24, 2.45) is 0 Å². The Morgan fingerprint density at radius 2 is 1.75 bits per heavy atom. The molecule has 0 radical (unpaired) electrons. The maximum absolute atomic E-state index is 11.6. The summed E-state index contributed by atoms with van der Waals surface area (Å²) in [5, 5.41) is 11.1. The summed E-state index contributed by atoms with van der Waals surface area (Å²) in [7, 11) is 0. The van der Waals surface area contributed by atoms with Crippen LogP contribution in [0.25, 0.3) is 0 Å². The Bertz CT molecular complexity index is 521. The molecule has 0 aliphatic heterocycles. The summed E-state index contributed by atoms with van der Waals surface area (Å²) in [5.41, 5.74) is 0.0771. The van der Waals surface area contributed by atoms with Crippen molar-refractivity contribution in [1.29, 1.82) is 0 Å². The predicted octanol–water partition coefficient (Wildman–Crippen LogP) is 3.29. The molecule has 0 atom stereocenters. The molecule has 0 spiro atoms. The van der Waals surface area contributed by atoms with Gasteiger partial charge in [0.1, 0.15) is 11.4 Å². The third-order valence-electron chi connectivity index (χ3n) is 2.66. The Kier molecular flexibility index (Phi) is 8.05. The number of amides is 1. The van der Waals surface area contributed by atoms with Crippen LogP contribution in [-0.2, 0) is 14.3 Å². The van der Waals surface area contributed by atoms with Crippen molar-refractivity contribution in [3.8, 4) is 5.75 Å². The van der Waals surface area contributed by atoms with Crippen LogP contribution in [-0.4, -0.2) is 42.6 Å². The standard InChI is InChI=1S/C17H25NO6/c1-17(2,3)24-16(21)18-13-5-7-14(8-6-13)23-11-4-10-22-12-9-15(19)20/h5-8H,4,9-12H2,1-3H3,(H,18,21)(H,19,20). The van der Waals surface area contributed by atoms with E-state index in [1.165, 1.54) is 0 Å². The van der Waals surface area contributed by atoms with E-state index in [0.717, 1.165) is 0 Å². The van der Waals surface area contributed by atoms with Gasteiger partial charge in [-0.2, -0.15) is 0 Å². The Morgan fingerprint density at radius 1 is 1.08 bits per heavy atom.